The Morgan fingerprint density at radius 1 is 1.56 bits per heavy atom. The van der Waals surface area contributed by atoms with Crippen LogP contribution in [0, 0.1) is 0 Å². The van der Waals surface area contributed by atoms with Crippen LogP contribution in [0.5, 0.6) is 0 Å². The zero-order valence-electron chi connectivity index (χ0n) is 6.18. The molecule has 2 heteroatoms. The Hall–Kier alpha value is -0.790. The number of hydrogen-bond donors (Lipinski definition) is 0. The van der Waals surface area contributed by atoms with E-state index in [9.17, 15) is 0 Å². The quantitative estimate of drug-likeness (QED) is 0.474. The molecule has 0 N–H and O–H groups in total. The van der Waals surface area contributed by atoms with Crippen LogP contribution in [0.3, 0.4) is 0 Å². The van der Waals surface area contributed by atoms with Gasteiger partial charge in [0.1, 0.15) is 5.84 Å². The maximum Gasteiger partial charge on any atom is 0.101 e. The van der Waals surface area contributed by atoms with E-state index in [4.69, 9.17) is 0 Å². The fraction of sp³-hybridized carbons (Fsp3) is 0.571. The van der Waals surface area contributed by atoms with Gasteiger partial charge in [0.15, 0.2) is 0 Å². The van der Waals surface area contributed by atoms with Crippen LogP contribution in [-0.4, -0.2) is 24.3 Å². The highest BCUT2D eigenvalue weighted by Crippen LogP contribution is 2.03. The van der Waals surface area contributed by atoms with Crippen molar-refractivity contribution in [2.24, 2.45) is 4.99 Å². The first-order valence-corrected chi connectivity index (χ1v) is 3.13. The number of likely N-dealkylation sites (N-methyl/N-ethyl adjacent to an activating group) is 1. The van der Waals surface area contributed by atoms with Gasteiger partial charge in [-0.15, -0.1) is 0 Å². The molecule has 0 fully saturated rings. The van der Waals surface area contributed by atoms with Crippen LogP contribution in [0.4, 0.5) is 0 Å². The summed E-state index contributed by atoms with van der Waals surface area (Å²) in [5.74, 6) is 1.11. The van der Waals surface area contributed by atoms with Crippen LogP contribution < -0.4 is 0 Å². The van der Waals surface area contributed by atoms with Crippen molar-refractivity contribution in [3.8, 4) is 0 Å². The summed E-state index contributed by atoms with van der Waals surface area (Å²) >= 11 is 0. The molecule has 0 saturated heterocycles. The summed E-state index contributed by atoms with van der Waals surface area (Å²) in [4.78, 5) is 6.39. The fourth-order valence-electron chi connectivity index (χ4n) is 0.787. The van der Waals surface area contributed by atoms with Gasteiger partial charge in [-0.3, -0.25) is 0 Å². The van der Waals surface area contributed by atoms with Crippen molar-refractivity contribution in [1.29, 1.82) is 0 Å². The lowest BCUT2D eigenvalue weighted by molar-refractivity contribution is 0.548. The van der Waals surface area contributed by atoms with Gasteiger partial charge in [0.2, 0.25) is 0 Å². The molecule has 0 aliphatic carbocycles. The van der Waals surface area contributed by atoms with Crippen LogP contribution >= 0.6 is 0 Å². The molecule has 0 atom stereocenters. The van der Waals surface area contributed by atoms with Crippen LogP contribution in [0.15, 0.2) is 16.8 Å². The zero-order chi connectivity index (χ0) is 6.85. The molecule has 0 amide bonds. The summed E-state index contributed by atoms with van der Waals surface area (Å²) in [6.45, 7) is 5.05. The van der Waals surface area contributed by atoms with E-state index in [-0.39, 0.29) is 0 Å². The third-order valence-electron chi connectivity index (χ3n) is 1.55. The van der Waals surface area contributed by atoms with Crippen LogP contribution in [0.1, 0.15) is 13.8 Å². The molecule has 0 unspecified atom stereocenters. The van der Waals surface area contributed by atoms with Crippen LogP contribution in [0.25, 0.3) is 0 Å². The van der Waals surface area contributed by atoms with Crippen molar-refractivity contribution in [1.82, 2.24) is 4.90 Å². The Balaban J connectivity index is 2.74. The second-order valence-corrected chi connectivity index (χ2v) is 2.39. The molecular formula is C7H12N2. The van der Waals surface area contributed by atoms with Gasteiger partial charge >= 0.3 is 0 Å². The van der Waals surface area contributed by atoms with Crippen LogP contribution in [0.2, 0.25) is 0 Å². The van der Waals surface area contributed by atoms with Crippen molar-refractivity contribution >= 4 is 5.84 Å². The molecule has 1 aliphatic heterocycles. The van der Waals surface area contributed by atoms with E-state index in [0.29, 0.717) is 0 Å². The number of amidine groups is 1. The lowest BCUT2D eigenvalue weighted by Crippen LogP contribution is -2.26. The molecule has 0 aromatic heterocycles. The molecule has 0 aromatic rings. The monoisotopic (exact) mass is 124 g/mol. The van der Waals surface area contributed by atoms with Gasteiger partial charge in [-0.25, -0.2) is 4.99 Å². The average Bonchev–Trinajstić information content (AvgIpc) is 1.80. The minimum Gasteiger partial charge on any atom is -0.360 e. The van der Waals surface area contributed by atoms with E-state index in [0.717, 1.165) is 18.1 Å². The third-order valence-corrected chi connectivity index (χ3v) is 1.55. The topological polar surface area (TPSA) is 15.6 Å². The average molecular weight is 124 g/mol. The van der Waals surface area contributed by atoms with Gasteiger partial charge < -0.3 is 4.90 Å². The van der Waals surface area contributed by atoms with Gasteiger partial charge in [-0.1, -0.05) is 0 Å². The normalized spacial score (nSPS) is 19.2. The zero-order valence-corrected chi connectivity index (χ0v) is 6.18. The molecule has 0 aromatic carbocycles. The number of rotatable bonds is 0. The second-order valence-electron chi connectivity index (χ2n) is 2.39. The lowest BCUT2D eigenvalue weighted by Gasteiger charge is -2.20. The lowest BCUT2D eigenvalue weighted by atomic mass is 10.3. The SMILES string of the molecule is CC1=CCN(C)C(C)=N1. The summed E-state index contributed by atoms with van der Waals surface area (Å²) in [5.41, 5.74) is 1.13. The Kier molecular flexibility index (Phi) is 1.56. The molecule has 1 rings (SSSR count). The number of aliphatic imine (C=N–C) groups is 1. The Bertz CT molecular complexity index is 168. The summed E-state index contributed by atoms with van der Waals surface area (Å²) in [6.07, 6.45) is 2.12. The summed E-state index contributed by atoms with van der Waals surface area (Å²) in [6, 6.07) is 0. The van der Waals surface area contributed by atoms with Crippen molar-refractivity contribution in [3.63, 3.8) is 0 Å². The predicted octanol–water partition coefficient (Wildman–Crippen LogP) is 1.25. The third kappa shape index (κ3) is 1.31. The van der Waals surface area contributed by atoms with E-state index in [2.05, 4.69) is 16.0 Å². The Morgan fingerprint density at radius 2 is 2.22 bits per heavy atom. The largest absolute Gasteiger partial charge is 0.360 e. The molecule has 2 nitrogen and oxygen atoms in total. The summed E-state index contributed by atoms with van der Waals surface area (Å²) in [5, 5.41) is 0. The molecule has 1 aliphatic rings. The molecule has 0 radical (unpaired) electrons. The molecular weight excluding hydrogens is 112 g/mol. The highest BCUT2D eigenvalue weighted by atomic mass is 15.2. The second kappa shape index (κ2) is 2.21. The van der Waals surface area contributed by atoms with Gasteiger partial charge in [0.25, 0.3) is 0 Å². The molecule has 0 saturated carbocycles. The van der Waals surface area contributed by atoms with Crippen molar-refractivity contribution in [3.05, 3.63) is 11.8 Å². The Labute approximate surface area is 55.9 Å². The number of nitrogens with zero attached hydrogens (tertiary/aromatic N) is 2. The first kappa shape index (κ1) is 6.33. The number of hydrogen-bond acceptors (Lipinski definition) is 2. The first-order valence-electron chi connectivity index (χ1n) is 3.13. The van der Waals surface area contributed by atoms with Crippen molar-refractivity contribution < 1.29 is 0 Å². The molecule has 0 bridgehead atoms. The summed E-state index contributed by atoms with van der Waals surface area (Å²) < 4.78 is 0. The summed E-state index contributed by atoms with van der Waals surface area (Å²) in [7, 11) is 2.04. The maximum absolute atomic E-state index is 4.27. The standard InChI is InChI=1S/C7H12N2/c1-6-4-5-9(3)7(2)8-6/h4H,5H2,1-3H3. The number of allylic oxidation sites excluding steroid dienone is 1. The smallest absolute Gasteiger partial charge is 0.101 e. The molecule has 1 heterocycles. The minimum absolute atomic E-state index is 1.00. The van der Waals surface area contributed by atoms with E-state index < -0.39 is 0 Å². The van der Waals surface area contributed by atoms with Crippen molar-refractivity contribution in [2.45, 2.75) is 13.8 Å². The minimum atomic E-state index is 1.00. The fourth-order valence-corrected chi connectivity index (χ4v) is 0.787. The first-order chi connectivity index (χ1) is 4.20. The predicted molar refractivity (Wildman–Crippen MR) is 39.5 cm³/mol. The van der Waals surface area contributed by atoms with E-state index in [1.165, 1.54) is 0 Å². The molecule has 50 valence electrons. The van der Waals surface area contributed by atoms with Crippen LogP contribution in [-0.2, 0) is 0 Å². The van der Waals surface area contributed by atoms with Crippen molar-refractivity contribution in [2.75, 3.05) is 13.6 Å². The Morgan fingerprint density at radius 3 is 2.67 bits per heavy atom. The highest BCUT2D eigenvalue weighted by molar-refractivity contribution is 5.81. The van der Waals surface area contributed by atoms with E-state index >= 15 is 0 Å². The van der Waals surface area contributed by atoms with Gasteiger partial charge in [-0.2, -0.15) is 0 Å². The van der Waals surface area contributed by atoms with Gasteiger partial charge in [0.05, 0.1) is 0 Å². The maximum atomic E-state index is 4.27. The highest BCUT2D eigenvalue weighted by Gasteiger charge is 2.02. The molecule has 9 heavy (non-hydrogen) atoms. The molecule has 0 spiro atoms. The van der Waals surface area contributed by atoms with E-state index in [1.54, 1.807) is 0 Å². The van der Waals surface area contributed by atoms with Gasteiger partial charge in [-0.05, 0) is 19.9 Å². The van der Waals surface area contributed by atoms with Gasteiger partial charge in [0, 0.05) is 19.3 Å². The van der Waals surface area contributed by atoms with E-state index in [1.807, 2.05) is 20.9 Å².